The minimum Gasteiger partial charge on any atom is -0.493 e. The van der Waals surface area contributed by atoms with E-state index in [1.165, 1.54) is 12.0 Å². The Morgan fingerprint density at radius 1 is 1.31 bits per heavy atom. The third-order valence-corrected chi connectivity index (χ3v) is 3.73. The number of fused-ring (bicyclic) bond motifs is 2. The molecule has 0 aromatic heterocycles. The fourth-order valence-electron chi connectivity index (χ4n) is 2.80. The van der Waals surface area contributed by atoms with Crippen LogP contribution in [0.1, 0.15) is 24.8 Å². The molecule has 1 spiro atoms. The summed E-state index contributed by atoms with van der Waals surface area (Å²) in [4.78, 5) is 0. The minimum atomic E-state index is 0.207. The van der Waals surface area contributed by atoms with Crippen molar-refractivity contribution in [1.82, 2.24) is 0 Å². The number of allylic oxidation sites excluding steroid dienone is 2. The molecule has 84 valence electrons. The van der Waals surface area contributed by atoms with Crippen LogP contribution in [0, 0.1) is 0 Å². The smallest absolute Gasteiger partial charge is 0.165 e. The van der Waals surface area contributed by atoms with Gasteiger partial charge < -0.3 is 9.47 Å². The summed E-state index contributed by atoms with van der Waals surface area (Å²) in [6, 6.07) is 6.22. The lowest BCUT2D eigenvalue weighted by atomic mass is 9.73. The van der Waals surface area contributed by atoms with E-state index >= 15 is 0 Å². The van der Waals surface area contributed by atoms with Gasteiger partial charge in [0, 0.05) is 11.0 Å². The van der Waals surface area contributed by atoms with Crippen LogP contribution < -0.4 is 9.47 Å². The predicted octanol–water partition coefficient (Wildman–Crippen LogP) is 3.07. The van der Waals surface area contributed by atoms with Crippen LogP contribution in [-0.2, 0) is 5.41 Å². The average Bonchev–Trinajstić information content (AvgIpc) is 2.70. The molecule has 0 bridgehead atoms. The van der Waals surface area contributed by atoms with Crippen molar-refractivity contribution in [2.24, 2.45) is 0 Å². The highest BCUT2D eigenvalue weighted by atomic mass is 16.5. The molecule has 0 fully saturated rings. The van der Waals surface area contributed by atoms with Gasteiger partial charge in [-0.1, -0.05) is 24.3 Å². The first-order valence-electron chi connectivity index (χ1n) is 5.81. The molecule has 1 aliphatic carbocycles. The highest BCUT2D eigenvalue weighted by Gasteiger charge is 2.41. The van der Waals surface area contributed by atoms with Crippen LogP contribution in [0.3, 0.4) is 0 Å². The van der Waals surface area contributed by atoms with E-state index in [1.807, 2.05) is 6.07 Å². The Bertz CT molecular complexity index is 436. The Kier molecular flexibility index (Phi) is 2.16. The second-order valence-electron chi connectivity index (χ2n) is 4.62. The summed E-state index contributed by atoms with van der Waals surface area (Å²) in [5.41, 5.74) is 1.54. The number of methoxy groups -OCH3 is 1. The number of ether oxygens (including phenoxy) is 2. The number of benzene rings is 1. The summed E-state index contributed by atoms with van der Waals surface area (Å²) in [6.45, 7) is 0.799. The molecule has 1 heterocycles. The van der Waals surface area contributed by atoms with E-state index < -0.39 is 0 Å². The monoisotopic (exact) mass is 216 g/mol. The van der Waals surface area contributed by atoms with Gasteiger partial charge in [-0.15, -0.1) is 0 Å². The molecule has 0 N–H and O–H groups in total. The van der Waals surface area contributed by atoms with E-state index in [0.717, 1.165) is 30.9 Å². The maximum absolute atomic E-state index is 5.85. The standard InChI is InChI=1S/C14H16O2/c1-15-12-7-5-6-11-13(12)16-10-14(11)8-3-2-4-9-14/h2-3,5-7H,4,8-10H2,1H3. The lowest BCUT2D eigenvalue weighted by molar-refractivity contribution is 0.244. The summed E-state index contributed by atoms with van der Waals surface area (Å²) in [5, 5.41) is 0. The predicted molar refractivity (Wildman–Crippen MR) is 63.2 cm³/mol. The van der Waals surface area contributed by atoms with Gasteiger partial charge in [-0.2, -0.15) is 0 Å². The molecule has 2 heteroatoms. The molecule has 2 aliphatic rings. The number of hydrogen-bond acceptors (Lipinski definition) is 2. The highest BCUT2D eigenvalue weighted by Crippen LogP contribution is 2.49. The van der Waals surface area contributed by atoms with Crippen molar-refractivity contribution in [2.45, 2.75) is 24.7 Å². The van der Waals surface area contributed by atoms with Gasteiger partial charge in [-0.25, -0.2) is 0 Å². The van der Waals surface area contributed by atoms with Crippen molar-refractivity contribution in [2.75, 3.05) is 13.7 Å². The fraction of sp³-hybridized carbons (Fsp3) is 0.429. The molecule has 16 heavy (non-hydrogen) atoms. The van der Waals surface area contributed by atoms with Crippen LogP contribution in [0.25, 0.3) is 0 Å². The normalized spacial score (nSPS) is 26.6. The molecule has 0 radical (unpaired) electrons. The van der Waals surface area contributed by atoms with Gasteiger partial charge in [0.15, 0.2) is 11.5 Å². The van der Waals surface area contributed by atoms with Crippen LogP contribution in [0.5, 0.6) is 11.5 Å². The van der Waals surface area contributed by atoms with Gasteiger partial charge in [0.05, 0.1) is 13.7 Å². The number of rotatable bonds is 1. The van der Waals surface area contributed by atoms with Crippen LogP contribution in [0.4, 0.5) is 0 Å². The zero-order valence-corrected chi connectivity index (χ0v) is 9.53. The summed E-state index contributed by atoms with van der Waals surface area (Å²) < 4.78 is 11.2. The summed E-state index contributed by atoms with van der Waals surface area (Å²) in [7, 11) is 1.70. The van der Waals surface area contributed by atoms with E-state index in [1.54, 1.807) is 7.11 Å². The van der Waals surface area contributed by atoms with Crippen molar-refractivity contribution in [3.05, 3.63) is 35.9 Å². The maximum Gasteiger partial charge on any atom is 0.165 e. The first kappa shape index (κ1) is 9.76. The van der Waals surface area contributed by atoms with Crippen molar-refractivity contribution < 1.29 is 9.47 Å². The zero-order chi connectivity index (χ0) is 11.0. The molecule has 0 saturated heterocycles. The van der Waals surface area contributed by atoms with Gasteiger partial charge in [-0.05, 0) is 25.3 Å². The first-order valence-corrected chi connectivity index (χ1v) is 5.81. The molecule has 1 atom stereocenters. The van der Waals surface area contributed by atoms with E-state index in [-0.39, 0.29) is 5.41 Å². The van der Waals surface area contributed by atoms with Crippen molar-refractivity contribution in [3.63, 3.8) is 0 Å². The highest BCUT2D eigenvalue weighted by molar-refractivity contribution is 5.53. The van der Waals surface area contributed by atoms with Gasteiger partial charge in [0.2, 0.25) is 0 Å². The molecule has 2 nitrogen and oxygen atoms in total. The Balaban J connectivity index is 2.08. The van der Waals surface area contributed by atoms with Gasteiger partial charge in [0.1, 0.15) is 0 Å². The van der Waals surface area contributed by atoms with E-state index in [9.17, 15) is 0 Å². The number of hydrogen-bond donors (Lipinski definition) is 0. The lowest BCUT2D eigenvalue weighted by Gasteiger charge is -2.28. The Morgan fingerprint density at radius 3 is 3.00 bits per heavy atom. The second kappa shape index (κ2) is 3.55. The fourth-order valence-corrected chi connectivity index (χ4v) is 2.80. The minimum absolute atomic E-state index is 0.207. The molecule has 1 aromatic rings. The summed E-state index contributed by atoms with van der Waals surface area (Å²) in [5.74, 6) is 1.82. The van der Waals surface area contributed by atoms with Gasteiger partial charge in [-0.3, -0.25) is 0 Å². The Hall–Kier alpha value is -1.44. The van der Waals surface area contributed by atoms with E-state index in [0.29, 0.717) is 0 Å². The average molecular weight is 216 g/mol. The van der Waals surface area contributed by atoms with E-state index in [4.69, 9.17) is 9.47 Å². The SMILES string of the molecule is COc1cccc2c1OCC21CC=CCC1. The first-order chi connectivity index (χ1) is 7.86. The zero-order valence-electron chi connectivity index (χ0n) is 9.53. The quantitative estimate of drug-likeness (QED) is 0.672. The molecule has 0 amide bonds. The molecule has 3 rings (SSSR count). The molecular weight excluding hydrogens is 200 g/mol. The van der Waals surface area contributed by atoms with Crippen molar-refractivity contribution in [1.29, 1.82) is 0 Å². The van der Waals surface area contributed by atoms with Crippen LogP contribution in [-0.4, -0.2) is 13.7 Å². The van der Waals surface area contributed by atoms with Crippen LogP contribution >= 0.6 is 0 Å². The van der Waals surface area contributed by atoms with Crippen LogP contribution in [0.15, 0.2) is 30.4 Å². The maximum atomic E-state index is 5.85. The molecule has 0 saturated carbocycles. The topological polar surface area (TPSA) is 18.5 Å². The second-order valence-corrected chi connectivity index (χ2v) is 4.62. The van der Waals surface area contributed by atoms with Gasteiger partial charge in [0.25, 0.3) is 0 Å². The molecular formula is C14H16O2. The van der Waals surface area contributed by atoms with E-state index in [2.05, 4.69) is 24.3 Å². The Labute approximate surface area is 95.9 Å². The molecule has 1 unspecified atom stereocenters. The third-order valence-electron chi connectivity index (χ3n) is 3.73. The third kappa shape index (κ3) is 1.26. The largest absolute Gasteiger partial charge is 0.493 e. The van der Waals surface area contributed by atoms with Crippen molar-refractivity contribution in [3.8, 4) is 11.5 Å². The molecule has 1 aromatic carbocycles. The number of para-hydroxylation sites is 1. The molecule has 1 aliphatic heterocycles. The summed E-state index contributed by atoms with van der Waals surface area (Å²) >= 11 is 0. The Morgan fingerprint density at radius 2 is 2.25 bits per heavy atom. The lowest BCUT2D eigenvalue weighted by Crippen LogP contribution is -2.28. The van der Waals surface area contributed by atoms with Crippen LogP contribution in [0.2, 0.25) is 0 Å². The summed E-state index contributed by atoms with van der Waals surface area (Å²) in [6.07, 6.45) is 7.97. The van der Waals surface area contributed by atoms with Gasteiger partial charge >= 0.3 is 0 Å². The van der Waals surface area contributed by atoms with Crippen molar-refractivity contribution >= 4 is 0 Å².